The lowest BCUT2D eigenvalue weighted by molar-refractivity contribution is 0.153. The second kappa shape index (κ2) is 6.27. The van der Waals surface area contributed by atoms with E-state index in [4.69, 9.17) is 16.3 Å². The van der Waals surface area contributed by atoms with E-state index in [9.17, 15) is 0 Å². The van der Waals surface area contributed by atoms with Gasteiger partial charge in [-0.15, -0.1) is 0 Å². The Bertz CT molecular complexity index is 356. The first-order chi connectivity index (χ1) is 8.27. The summed E-state index contributed by atoms with van der Waals surface area (Å²) in [6.45, 7) is 1.97. The van der Waals surface area contributed by atoms with E-state index < -0.39 is 0 Å². The minimum absolute atomic E-state index is 0.672. The van der Waals surface area contributed by atoms with Gasteiger partial charge in [0.05, 0.1) is 11.6 Å². The number of para-hydroxylation sites is 1. The molecule has 1 unspecified atom stereocenters. The van der Waals surface area contributed by atoms with Crippen molar-refractivity contribution >= 4 is 11.6 Å². The predicted octanol–water partition coefficient (Wildman–Crippen LogP) is 3.59. The van der Waals surface area contributed by atoms with Crippen LogP contribution in [-0.2, 0) is 0 Å². The van der Waals surface area contributed by atoms with Gasteiger partial charge in [0.2, 0.25) is 0 Å². The van der Waals surface area contributed by atoms with Crippen LogP contribution in [0.15, 0.2) is 24.3 Å². The van der Waals surface area contributed by atoms with Crippen LogP contribution in [0, 0.1) is 0 Å². The Labute approximate surface area is 109 Å². The molecule has 0 N–H and O–H groups in total. The first-order valence-electron chi connectivity index (χ1n) is 6.35. The highest BCUT2D eigenvalue weighted by molar-refractivity contribution is 6.32. The average Bonchev–Trinajstić information content (AvgIpc) is 2.34. The van der Waals surface area contributed by atoms with Crippen molar-refractivity contribution in [2.45, 2.75) is 31.7 Å². The zero-order valence-corrected chi connectivity index (χ0v) is 11.1. The third kappa shape index (κ3) is 3.62. The van der Waals surface area contributed by atoms with Crippen LogP contribution < -0.4 is 4.74 Å². The first-order valence-corrected chi connectivity index (χ1v) is 6.73. The highest BCUT2D eigenvalue weighted by Crippen LogP contribution is 2.24. The highest BCUT2D eigenvalue weighted by atomic mass is 35.5. The van der Waals surface area contributed by atoms with Gasteiger partial charge >= 0.3 is 0 Å². The van der Waals surface area contributed by atoms with Gasteiger partial charge in [-0.1, -0.05) is 30.2 Å². The molecule has 1 heterocycles. The average molecular weight is 254 g/mol. The van der Waals surface area contributed by atoms with Crippen LogP contribution in [0.25, 0.3) is 0 Å². The molecule has 1 aliphatic heterocycles. The van der Waals surface area contributed by atoms with E-state index in [1.165, 1.54) is 25.8 Å². The summed E-state index contributed by atoms with van der Waals surface area (Å²) in [4.78, 5) is 2.44. The fourth-order valence-corrected chi connectivity index (χ4v) is 2.57. The predicted molar refractivity (Wildman–Crippen MR) is 71.8 cm³/mol. The zero-order valence-electron chi connectivity index (χ0n) is 10.4. The van der Waals surface area contributed by atoms with E-state index in [2.05, 4.69) is 11.9 Å². The van der Waals surface area contributed by atoms with Crippen LogP contribution in [0.3, 0.4) is 0 Å². The van der Waals surface area contributed by atoms with Gasteiger partial charge in [-0.25, -0.2) is 0 Å². The van der Waals surface area contributed by atoms with Crippen molar-refractivity contribution in [3.05, 3.63) is 29.3 Å². The highest BCUT2D eigenvalue weighted by Gasteiger charge is 2.18. The number of likely N-dealkylation sites (tertiary alicyclic amines) is 1. The van der Waals surface area contributed by atoms with Gasteiger partial charge in [0.25, 0.3) is 0 Å². The van der Waals surface area contributed by atoms with Crippen molar-refractivity contribution in [1.29, 1.82) is 0 Å². The molecule has 0 aliphatic carbocycles. The monoisotopic (exact) mass is 253 g/mol. The molecule has 2 rings (SSSR count). The number of ether oxygens (including phenoxy) is 1. The fourth-order valence-electron chi connectivity index (χ4n) is 2.38. The Hall–Kier alpha value is -0.730. The van der Waals surface area contributed by atoms with Crippen LogP contribution >= 0.6 is 11.6 Å². The Kier molecular flexibility index (Phi) is 4.69. The van der Waals surface area contributed by atoms with Crippen molar-refractivity contribution in [2.24, 2.45) is 0 Å². The molecule has 1 aromatic carbocycles. The number of rotatable bonds is 4. The van der Waals surface area contributed by atoms with Crippen LogP contribution in [0.4, 0.5) is 0 Å². The molecule has 94 valence electrons. The molecular formula is C14H20ClNO. The van der Waals surface area contributed by atoms with Gasteiger partial charge in [-0.2, -0.15) is 0 Å². The minimum Gasteiger partial charge on any atom is -0.492 e. The second-order valence-electron chi connectivity index (χ2n) is 4.70. The molecule has 0 spiro atoms. The lowest BCUT2D eigenvalue weighted by Crippen LogP contribution is -2.37. The summed E-state index contributed by atoms with van der Waals surface area (Å²) in [5.74, 6) is 0.799. The Morgan fingerprint density at radius 3 is 2.94 bits per heavy atom. The molecular weight excluding hydrogens is 234 g/mol. The van der Waals surface area contributed by atoms with E-state index in [0.29, 0.717) is 11.1 Å². The van der Waals surface area contributed by atoms with E-state index in [1.807, 2.05) is 24.3 Å². The van der Waals surface area contributed by atoms with Crippen molar-refractivity contribution in [3.63, 3.8) is 0 Å². The van der Waals surface area contributed by atoms with Gasteiger partial charge in [-0.05, 0) is 45.0 Å². The molecule has 1 fully saturated rings. The standard InChI is InChI=1S/C14H20ClNO/c1-16-10-5-4-6-12(16)9-11-17-14-8-3-2-7-13(14)15/h2-3,7-8,12H,4-6,9-11H2,1H3. The molecule has 1 aliphatic rings. The third-order valence-electron chi connectivity index (χ3n) is 3.47. The number of nitrogens with zero attached hydrogens (tertiary/aromatic N) is 1. The zero-order chi connectivity index (χ0) is 12.1. The summed E-state index contributed by atoms with van der Waals surface area (Å²) < 4.78 is 5.73. The number of hydrogen-bond acceptors (Lipinski definition) is 2. The summed E-state index contributed by atoms with van der Waals surface area (Å²) in [5.41, 5.74) is 0. The minimum atomic E-state index is 0.672. The number of piperidine rings is 1. The summed E-state index contributed by atoms with van der Waals surface area (Å²) in [5, 5.41) is 0.699. The Morgan fingerprint density at radius 1 is 1.35 bits per heavy atom. The molecule has 1 atom stereocenters. The van der Waals surface area contributed by atoms with Gasteiger partial charge in [0.1, 0.15) is 5.75 Å². The smallest absolute Gasteiger partial charge is 0.137 e. The first kappa shape index (κ1) is 12.7. The molecule has 0 bridgehead atoms. The summed E-state index contributed by atoms with van der Waals surface area (Å²) >= 11 is 6.04. The molecule has 0 saturated carbocycles. The van der Waals surface area contributed by atoms with E-state index in [1.54, 1.807) is 0 Å². The Morgan fingerprint density at radius 2 is 2.18 bits per heavy atom. The topological polar surface area (TPSA) is 12.5 Å². The van der Waals surface area contributed by atoms with Crippen LogP contribution in [0.1, 0.15) is 25.7 Å². The van der Waals surface area contributed by atoms with Gasteiger partial charge in [-0.3, -0.25) is 0 Å². The lowest BCUT2D eigenvalue weighted by Gasteiger charge is -2.32. The molecule has 1 aromatic rings. The Balaban J connectivity index is 1.77. The summed E-state index contributed by atoms with van der Waals surface area (Å²) in [6, 6.07) is 8.33. The molecule has 0 amide bonds. The van der Waals surface area contributed by atoms with Crippen molar-refractivity contribution in [1.82, 2.24) is 4.90 Å². The quantitative estimate of drug-likeness (QED) is 0.813. The van der Waals surface area contributed by atoms with E-state index in [0.717, 1.165) is 18.8 Å². The van der Waals surface area contributed by atoms with Gasteiger partial charge in [0.15, 0.2) is 0 Å². The fraction of sp³-hybridized carbons (Fsp3) is 0.571. The van der Waals surface area contributed by atoms with Crippen LogP contribution in [0.5, 0.6) is 5.75 Å². The molecule has 0 aromatic heterocycles. The van der Waals surface area contributed by atoms with Gasteiger partial charge in [0, 0.05) is 6.04 Å². The number of halogens is 1. The third-order valence-corrected chi connectivity index (χ3v) is 3.78. The SMILES string of the molecule is CN1CCCCC1CCOc1ccccc1Cl. The molecule has 3 heteroatoms. The maximum Gasteiger partial charge on any atom is 0.137 e. The van der Waals surface area contributed by atoms with E-state index in [-0.39, 0.29) is 0 Å². The van der Waals surface area contributed by atoms with Crippen LogP contribution in [0.2, 0.25) is 5.02 Å². The maximum absolute atomic E-state index is 6.04. The van der Waals surface area contributed by atoms with Crippen molar-refractivity contribution in [3.8, 4) is 5.75 Å². The normalized spacial score (nSPS) is 21.4. The summed E-state index contributed by atoms with van der Waals surface area (Å²) in [7, 11) is 2.21. The van der Waals surface area contributed by atoms with Crippen LogP contribution in [-0.4, -0.2) is 31.1 Å². The van der Waals surface area contributed by atoms with Crippen molar-refractivity contribution in [2.75, 3.05) is 20.2 Å². The van der Waals surface area contributed by atoms with Gasteiger partial charge < -0.3 is 9.64 Å². The maximum atomic E-state index is 6.04. The molecule has 1 saturated heterocycles. The second-order valence-corrected chi connectivity index (χ2v) is 5.10. The summed E-state index contributed by atoms with van der Waals surface area (Å²) in [6.07, 6.45) is 5.06. The molecule has 2 nitrogen and oxygen atoms in total. The largest absolute Gasteiger partial charge is 0.492 e. The molecule has 0 radical (unpaired) electrons. The van der Waals surface area contributed by atoms with Crippen molar-refractivity contribution < 1.29 is 4.74 Å². The number of benzene rings is 1. The number of hydrogen-bond donors (Lipinski definition) is 0. The lowest BCUT2D eigenvalue weighted by atomic mass is 10.0. The molecule has 17 heavy (non-hydrogen) atoms. The van der Waals surface area contributed by atoms with E-state index >= 15 is 0 Å².